The van der Waals surface area contributed by atoms with Crippen LogP contribution in [-0.4, -0.2) is 33.9 Å². The Labute approximate surface area is 153 Å². The van der Waals surface area contributed by atoms with E-state index in [4.69, 9.17) is 4.74 Å². The number of fused-ring (bicyclic) bond motifs is 1. The summed E-state index contributed by atoms with van der Waals surface area (Å²) < 4.78 is 30.4. The Morgan fingerprint density at radius 2 is 1.96 bits per heavy atom. The first-order valence-corrected chi connectivity index (χ1v) is 10.1. The number of anilines is 3. The van der Waals surface area contributed by atoms with E-state index < -0.39 is 16.1 Å². The molecule has 1 aliphatic heterocycles. The average molecular weight is 375 g/mol. The standard InChI is InChI=1S/C18H21N3O4S/c1-3-25-17-7-5-4-6-15(17)20-18(22)19-14-8-9-16-13(12-14)10-11-21(16)26(2,23)24/h4-9,12H,3,10-11H2,1-2H3,(H2,19,20,22). The molecule has 2 N–H and O–H groups in total. The van der Waals surface area contributed by atoms with E-state index in [1.807, 2.05) is 19.1 Å². The van der Waals surface area contributed by atoms with Crippen LogP contribution in [0.3, 0.4) is 0 Å². The number of urea groups is 1. The highest BCUT2D eigenvalue weighted by Crippen LogP contribution is 2.32. The molecule has 1 heterocycles. The molecule has 0 saturated carbocycles. The summed E-state index contributed by atoms with van der Waals surface area (Å²) >= 11 is 0. The molecular formula is C18H21N3O4S. The van der Waals surface area contributed by atoms with Crippen LogP contribution in [0.1, 0.15) is 12.5 Å². The van der Waals surface area contributed by atoms with Crippen LogP contribution in [0.4, 0.5) is 21.9 Å². The van der Waals surface area contributed by atoms with Crippen LogP contribution in [0.25, 0.3) is 0 Å². The molecule has 0 aliphatic carbocycles. The molecule has 8 heteroatoms. The van der Waals surface area contributed by atoms with Crippen LogP contribution in [0.15, 0.2) is 42.5 Å². The normalized spacial score (nSPS) is 13.2. The maximum Gasteiger partial charge on any atom is 0.323 e. The summed E-state index contributed by atoms with van der Waals surface area (Å²) in [5, 5.41) is 5.53. The molecule has 1 aliphatic rings. The van der Waals surface area contributed by atoms with Crippen molar-refractivity contribution in [1.82, 2.24) is 0 Å². The highest BCUT2D eigenvalue weighted by Gasteiger charge is 2.26. The first kappa shape index (κ1) is 18.1. The molecule has 138 valence electrons. The Kier molecular flexibility index (Phi) is 5.03. The van der Waals surface area contributed by atoms with E-state index in [9.17, 15) is 13.2 Å². The van der Waals surface area contributed by atoms with E-state index in [0.29, 0.717) is 42.4 Å². The minimum absolute atomic E-state index is 0.393. The lowest BCUT2D eigenvalue weighted by molar-refractivity contribution is 0.262. The van der Waals surface area contributed by atoms with Crippen molar-refractivity contribution < 1.29 is 17.9 Å². The fourth-order valence-electron chi connectivity index (χ4n) is 2.93. The predicted molar refractivity (Wildman–Crippen MR) is 103 cm³/mol. The molecule has 0 spiro atoms. The third-order valence-electron chi connectivity index (χ3n) is 4.03. The monoisotopic (exact) mass is 375 g/mol. The smallest absolute Gasteiger partial charge is 0.323 e. The van der Waals surface area contributed by atoms with Gasteiger partial charge in [-0.05, 0) is 49.2 Å². The lowest BCUT2D eigenvalue weighted by Crippen LogP contribution is -2.27. The van der Waals surface area contributed by atoms with E-state index in [1.165, 1.54) is 10.6 Å². The summed E-state index contributed by atoms with van der Waals surface area (Å²) in [6, 6.07) is 12.0. The summed E-state index contributed by atoms with van der Waals surface area (Å²) in [5.41, 5.74) is 2.74. The van der Waals surface area contributed by atoms with Gasteiger partial charge in [-0.15, -0.1) is 0 Å². The minimum atomic E-state index is -3.28. The summed E-state index contributed by atoms with van der Waals surface area (Å²) in [6.45, 7) is 2.80. The molecule has 2 aromatic carbocycles. The fraction of sp³-hybridized carbons (Fsp3) is 0.278. The molecule has 0 aromatic heterocycles. The molecular weight excluding hydrogens is 354 g/mol. The molecule has 7 nitrogen and oxygen atoms in total. The van der Waals surface area contributed by atoms with Gasteiger partial charge in [-0.1, -0.05) is 12.1 Å². The van der Waals surface area contributed by atoms with Crippen molar-refractivity contribution in [2.45, 2.75) is 13.3 Å². The lowest BCUT2D eigenvalue weighted by atomic mass is 10.1. The maximum atomic E-state index is 12.3. The SMILES string of the molecule is CCOc1ccccc1NC(=O)Nc1ccc2c(c1)CCN2S(C)(=O)=O. The molecule has 0 atom stereocenters. The first-order valence-electron chi connectivity index (χ1n) is 8.29. The van der Waals surface area contributed by atoms with Gasteiger partial charge in [0.2, 0.25) is 10.0 Å². The van der Waals surface area contributed by atoms with Crippen LogP contribution in [0.2, 0.25) is 0 Å². The quantitative estimate of drug-likeness (QED) is 0.841. The number of amides is 2. The molecule has 3 rings (SSSR count). The zero-order valence-electron chi connectivity index (χ0n) is 14.7. The topological polar surface area (TPSA) is 87.7 Å². The van der Waals surface area contributed by atoms with Crippen molar-refractivity contribution >= 4 is 33.1 Å². The van der Waals surface area contributed by atoms with Crippen LogP contribution < -0.4 is 19.7 Å². The molecule has 26 heavy (non-hydrogen) atoms. The number of rotatable bonds is 5. The molecule has 2 amide bonds. The Hall–Kier alpha value is -2.74. The van der Waals surface area contributed by atoms with E-state index in [-0.39, 0.29) is 0 Å². The van der Waals surface area contributed by atoms with Crippen molar-refractivity contribution in [3.63, 3.8) is 0 Å². The third-order valence-corrected chi connectivity index (χ3v) is 5.21. The zero-order valence-corrected chi connectivity index (χ0v) is 15.5. The van der Waals surface area contributed by atoms with Crippen molar-refractivity contribution in [2.24, 2.45) is 0 Å². The summed E-state index contributed by atoms with van der Waals surface area (Å²) in [7, 11) is -3.28. The van der Waals surface area contributed by atoms with Gasteiger partial charge in [0.1, 0.15) is 5.75 Å². The average Bonchev–Trinajstić information content (AvgIpc) is 3.00. The number of nitrogens with zero attached hydrogens (tertiary/aromatic N) is 1. The van der Waals surface area contributed by atoms with E-state index in [2.05, 4.69) is 10.6 Å². The number of nitrogens with one attached hydrogen (secondary N) is 2. The minimum Gasteiger partial charge on any atom is -0.492 e. The van der Waals surface area contributed by atoms with Gasteiger partial charge in [-0.25, -0.2) is 13.2 Å². The number of hydrogen-bond acceptors (Lipinski definition) is 4. The van der Waals surface area contributed by atoms with Gasteiger partial charge in [-0.2, -0.15) is 0 Å². The Bertz CT molecular complexity index is 928. The molecule has 0 radical (unpaired) electrons. The van der Waals surface area contributed by atoms with E-state index in [1.54, 1.807) is 30.3 Å². The molecule has 0 unspecified atom stereocenters. The summed E-state index contributed by atoms with van der Waals surface area (Å²) in [5.74, 6) is 0.600. The number of carbonyl (C=O) groups excluding carboxylic acids is 1. The van der Waals surface area contributed by atoms with Gasteiger partial charge >= 0.3 is 6.03 Å². The Morgan fingerprint density at radius 1 is 1.19 bits per heavy atom. The molecule has 0 fully saturated rings. The van der Waals surface area contributed by atoms with Gasteiger partial charge in [0.25, 0.3) is 0 Å². The second-order valence-corrected chi connectivity index (χ2v) is 7.84. The van der Waals surface area contributed by atoms with Crippen molar-refractivity contribution in [2.75, 3.05) is 34.3 Å². The number of carbonyl (C=O) groups is 1. The van der Waals surface area contributed by atoms with E-state index >= 15 is 0 Å². The summed E-state index contributed by atoms with van der Waals surface area (Å²) in [6.07, 6.45) is 1.81. The zero-order chi connectivity index (χ0) is 18.7. The third kappa shape index (κ3) is 3.91. The Balaban J connectivity index is 1.72. The van der Waals surface area contributed by atoms with Crippen LogP contribution >= 0.6 is 0 Å². The van der Waals surface area contributed by atoms with Crippen molar-refractivity contribution in [3.8, 4) is 5.75 Å². The molecule has 0 saturated heterocycles. The second-order valence-electron chi connectivity index (χ2n) is 5.94. The number of hydrogen-bond donors (Lipinski definition) is 2. The molecule has 0 bridgehead atoms. The van der Waals surface area contributed by atoms with E-state index in [0.717, 1.165) is 5.56 Å². The second kappa shape index (κ2) is 7.25. The van der Waals surface area contributed by atoms with Crippen molar-refractivity contribution in [3.05, 3.63) is 48.0 Å². The highest BCUT2D eigenvalue weighted by atomic mass is 32.2. The molecule has 2 aromatic rings. The van der Waals surface area contributed by atoms with Gasteiger partial charge in [-0.3, -0.25) is 4.31 Å². The van der Waals surface area contributed by atoms with Crippen LogP contribution in [0, 0.1) is 0 Å². The van der Waals surface area contributed by atoms with Gasteiger partial charge in [0.15, 0.2) is 0 Å². The number of para-hydroxylation sites is 2. The fourth-order valence-corrected chi connectivity index (χ4v) is 3.89. The highest BCUT2D eigenvalue weighted by molar-refractivity contribution is 7.92. The lowest BCUT2D eigenvalue weighted by Gasteiger charge is -2.17. The van der Waals surface area contributed by atoms with Gasteiger partial charge < -0.3 is 15.4 Å². The first-order chi connectivity index (χ1) is 12.4. The van der Waals surface area contributed by atoms with Crippen LogP contribution in [0.5, 0.6) is 5.75 Å². The van der Waals surface area contributed by atoms with Gasteiger partial charge in [0, 0.05) is 12.2 Å². The number of ether oxygens (including phenoxy) is 1. The predicted octanol–water partition coefficient (Wildman–Crippen LogP) is 3.05. The number of benzene rings is 2. The summed E-state index contributed by atoms with van der Waals surface area (Å²) in [4.78, 5) is 12.3. The van der Waals surface area contributed by atoms with Crippen LogP contribution in [-0.2, 0) is 16.4 Å². The van der Waals surface area contributed by atoms with Gasteiger partial charge in [0.05, 0.1) is 24.2 Å². The number of sulfonamides is 1. The van der Waals surface area contributed by atoms with Crippen molar-refractivity contribution in [1.29, 1.82) is 0 Å². The Morgan fingerprint density at radius 3 is 2.69 bits per heavy atom. The largest absolute Gasteiger partial charge is 0.492 e. The maximum absolute atomic E-state index is 12.3.